The van der Waals surface area contributed by atoms with Gasteiger partial charge in [0.15, 0.2) is 5.13 Å². The van der Waals surface area contributed by atoms with E-state index in [1.165, 1.54) is 23.1 Å². The number of nitrogens with zero attached hydrogens (tertiary/aromatic N) is 2. The Morgan fingerprint density at radius 3 is 2.56 bits per heavy atom. The minimum atomic E-state index is -0.891. The fourth-order valence-corrected chi connectivity index (χ4v) is 5.20. The van der Waals surface area contributed by atoms with E-state index < -0.39 is 23.5 Å². The number of rotatable bonds is 3. The summed E-state index contributed by atoms with van der Waals surface area (Å²) in [5, 5.41) is 11.3. The smallest absolute Gasteiger partial charge is 0.301 e. The molecule has 1 atom stereocenters. The molecule has 0 radical (unpaired) electrons. The lowest BCUT2D eigenvalue weighted by Gasteiger charge is -2.23. The zero-order valence-electron chi connectivity index (χ0n) is 16.3. The number of Topliss-reactive ketones (excluding diaryl/α,β-unsaturated/α-hetero) is 1. The molecule has 1 aliphatic heterocycles. The zero-order valence-corrected chi connectivity index (χ0v) is 18.7. The van der Waals surface area contributed by atoms with Crippen molar-refractivity contribution < 1.29 is 19.1 Å². The molecule has 32 heavy (non-hydrogen) atoms. The summed E-state index contributed by atoms with van der Waals surface area (Å²) in [6.07, 6.45) is 0. The first-order chi connectivity index (χ1) is 15.4. The number of aromatic nitrogens is 1. The molecule has 0 spiro atoms. The first-order valence-corrected chi connectivity index (χ1v) is 11.2. The number of halogens is 2. The summed E-state index contributed by atoms with van der Waals surface area (Å²) >= 11 is 4.54. The molecule has 0 saturated carbocycles. The average Bonchev–Trinajstić information content (AvgIpc) is 3.32. The van der Waals surface area contributed by atoms with E-state index in [1.807, 2.05) is 6.07 Å². The van der Waals surface area contributed by atoms with E-state index in [4.69, 9.17) is 0 Å². The molecule has 1 amide bonds. The van der Waals surface area contributed by atoms with Gasteiger partial charge in [-0.25, -0.2) is 9.37 Å². The molecular formula is C24H14BrFN2O3S. The van der Waals surface area contributed by atoms with Crippen LogP contribution in [0.3, 0.4) is 0 Å². The summed E-state index contributed by atoms with van der Waals surface area (Å²) in [7, 11) is 0. The standard InChI is InChI=1S/C24H14BrFN2O3S/c25-15-8-4-7-14(11-15)20-19(21(29)13-5-2-1-3-6-13)22(30)23(31)28(20)24-27-17-10-9-16(26)12-18(17)32-24/h1-12,20,29H/b21-19+/t20-/m0/s1. The van der Waals surface area contributed by atoms with Crippen molar-refractivity contribution in [2.45, 2.75) is 6.04 Å². The number of thiazole rings is 1. The largest absolute Gasteiger partial charge is 0.507 e. The Hall–Kier alpha value is -3.36. The van der Waals surface area contributed by atoms with Crippen LogP contribution in [-0.4, -0.2) is 21.8 Å². The summed E-state index contributed by atoms with van der Waals surface area (Å²) < 4.78 is 15.0. The maximum Gasteiger partial charge on any atom is 0.301 e. The van der Waals surface area contributed by atoms with E-state index >= 15 is 0 Å². The second kappa shape index (κ2) is 7.96. The number of hydrogen-bond donors (Lipinski definition) is 1. The van der Waals surface area contributed by atoms with Gasteiger partial charge in [-0.15, -0.1) is 0 Å². The fourth-order valence-electron chi connectivity index (χ4n) is 3.76. The lowest BCUT2D eigenvalue weighted by atomic mass is 9.95. The molecule has 1 aromatic heterocycles. The number of ketones is 1. The lowest BCUT2D eigenvalue weighted by Crippen LogP contribution is -2.29. The van der Waals surface area contributed by atoms with Crippen molar-refractivity contribution in [1.29, 1.82) is 0 Å². The van der Waals surface area contributed by atoms with Gasteiger partial charge in [-0.05, 0) is 35.9 Å². The third-order valence-electron chi connectivity index (χ3n) is 5.20. The minimum absolute atomic E-state index is 0.0234. The van der Waals surface area contributed by atoms with Crippen LogP contribution in [0, 0.1) is 5.82 Å². The second-order valence-electron chi connectivity index (χ2n) is 7.20. The fraction of sp³-hybridized carbons (Fsp3) is 0.0417. The van der Waals surface area contributed by atoms with Crippen LogP contribution in [0.25, 0.3) is 16.0 Å². The van der Waals surface area contributed by atoms with E-state index in [9.17, 15) is 19.1 Å². The van der Waals surface area contributed by atoms with Gasteiger partial charge in [-0.2, -0.15) is 0 Å². The van der Waals surface area contributed by atoms with Gasteiger partial charge in [0, 0.05) is 10.0 Å². The van der Waals surface area contributed by atoms with Gasteiger partial charge in [-0.3, -0.25) is 14.5 Å². The van der Waals surface area contributed by atoms with Crippen LogP contribution in [0.5, 0.6) is 0 Å². The molecule has 0 unspecified atom stereocenters. The number of amides is 1. The van der Waals surface area contributed by atoms with E-state index in [1.54, 1.807) is 48.5 Å². The van der Waals surface area contributed by atoms with Crippen molar-refractivity contribution in [3.8, 4) is 0 Å². The number of carbonyl (C=O) groups is 2. The minimum Gasteiger partial charge on any atom is -0.507 e. The van der Waals surface area contributed by atoms with Crippen LogP contribution >= 0.6 is 27.3 Å². The summed E-state index contributed by atoms with van der Waals surface area (Å²) in [5.74, 6) is -2.28. The molecule has 3 aromatic carbocycles. The molecule has 0 bridgehead atoms. The first kappa shape index (κ1) is 20.5. The van der Waals surface area contributed by atoms with Gasteiger partial charge < -0.3 is 5.11 Å². The van der Waals surface area contributed by atoms with Crippen LogP contribution < -0.4 is 4.90 Å². The van der Waals surface area contributed by atoms with Crippen molar-refractivity contribution in [3.05, 3.63) is 99.8 Å². The van der Waals surface area contributed by atoms with Gasteiger partial charge >= 0.3 is 5.91 Å². The molecule has 158 valence electrons. The first-order valence-electron chi connectivity index (χ1n) is 9.62. The second-order valence-corrected chi connectivity index (χ2v) is 9.12. The summed E-state index contributed by atoms with van der Waals surface area (Å²) in [4.78, 5) is 32.1. The molecule has 1 saturated heterocycles. The van der Waals surface area contributed by atoms with Crippen LogP contribution in [0.2, 0.25) is 0 Å². The molecular weight excluding hydrogens is 495 g/mol. The Morgan fingerprint density at radius 2 is 1.81 bits per heavy atom. The van der Waals surface area contributed by atoms with Crippen molar-refractivity contribution >= 4 is 60.1 Å². The third-order valence-corrected chi connectivity index (χ3v) is 6.71. The molecule has 2 heterocycles. The summed E-state index contributed by atoms with van der Waals surface area (Å²) in [6, 6.07) is 19.0. The molecule has 8 heteroatoms. The van der Waals surface area contributed by atoms with Crippen LogP contribution in [0.1, 0.15) is 17.2 Å². The van der Waals surface area contributed by atoms with Gasteiger partial charge in [0.1, 0.15) is 11.6 Å². The monoisotopic (exact) mass is 508 g/mol. The highest BCUT2D eigenvalue weighted by atomic mass is 79.9. The van der Waals surface area contributed by atoms with Crippen molar-refractivity contribution in [2.75, 3.05) is 4.90 Å². The maximum absolute atomic E-state index is 13.7. The normalized spacial score (nSPS) is 17.9. The number of anilines is 1. The molecule has 1 aliphatic rings. The summed E-state index contributed by atoms with van der Waals surface area (Å²) in [5.41, 5.74) is 1.55. The van der Waals surface area contributed by atoms with Crippen LogP contribution in [-0.2, 0) is 9.59 Å². The van der Waals surface area contributed by atoms with Crippen molar-refractivity contribution in [1.82, 2.24) is 4.98 Å². The third kappa shape index (κ3) is 3.41. The molecule has 4 aromatic rings. The summed E-state index contributed by atoms with van der Waals surface area (Å²) in [6.45, 7) is 0. The van der Waals surface area contributed by atoms with E-state index in [0.29, 0.717) is 21.3 Å². The predicted molar refractivity (Wildman–Crippen MR) is 125 cm³/mol. The predicted octanol–water partition coefficient (Wildman–Crippen LogP) is 5.82. The number of aliphatic hydroxyl groups excluding tert-OH is 1. The maximum atomic E-state index is 13.7. The van der Waals surface area contributed by atoms with E-state index in [2.05, 4.69) is 20.9 Å². The van der Waals surface area contributed by atoms with Crippen molar-refractivity contribution in [2.24, 2.45) is 0 Å². The highest BCUT2D eigenvalue weighted by Gasteiger charge is 2.48. The number of carbonyl (C=O) groups excluding carboxylic acids is 2. The number of aliphatic hydroxyl groups is 1. The Bertz CT molecular complexity index is 1420. The SMILES string of the molecule is O=C1C(=O)N(c2nc3ccc(F)cc3s2)[C@@H](c2cccc(Br)c2)/C1=C(\O)c1ccccc1. The van der Waals surface area contributed by atoms with E-state index in [0.717, 1.165) is 15.8 Å². The zero-order chi connectivity index (χ0) is 22.4. The topological polar surface area (TPSA) is 70.5 Å². The Kier molecular flexibility index (Phi) is 5.11. The molecule has 5 rings (SSSR count). The average molecular weight is 509 g/mol. The van der Waals surface area contributed by atoms with Crippen molar-refractivity contribution in [3.63, 3.8) is 0 Å². The molecule has 1 fully saturated rings. The van der Waals surface area contributed by atoms with E-state index in [-0.39, 0.29) is 16.5 Å². The lowest BCUT2D eigenvalue weighted by molar-refractivity contribution is -0.132. The Labute approximate surface area is 194 Å². The highest BCUT2D eigenvalue weighted by Crippen LogP contribution is 2.44. The van der Waals surface area contributed by atoms with Gasteiger partial charge in [0.25, 0.3) is 5.78 Å². The van der Waals surface area contributed by atoms with Crippen LogP contribution in [0.4, 0.5) is 9.52 Å². The Morgan fingerprint density at radius 1 is 1.03 bits per heavy atom. The quantitative estimate of drug-likeness (QED) is 0.215. The highest BCUT2D eigenvalue weighted by molar-refractivity contribution is 9.10. The van der Waals surface area contributed by atoms with Crippen LogP contribution in [0.15, 0.2) is 82.8 Å². The number of fused-ring (bicyclic) bond motifs is 1. The molecule has 1 N–H and O–H groups in total. The van der Waals surface area contributed by atoms with Gasteiger partial charge in [-0.1, -0.05) is 69.7 Å². The van der Waals surface area contributed by atoms with Gasteiger partial charge in [0.05, 0.1) is 21.8 Å². The molecule has 5 nitrogen and oxygen atoms in total. The Balaban J connectivity index is 1.75. The molecule has 0 aliphatic carbocycles. The van der Waals surface area contributed by atoms with Gasteiger partial charge in [0.2, 0.25) is 0 Å². The number of benzene rings is 3. The number of hydrogen-bond acceptors (Lipinski definition) is 5.